The van der Waals surface area contributed by atoms with Crippen molar-refractivity contribution in [3.05, 3.63) is 0 Å². The molecule has 98 valence electrons. The normalized spacial score (nSPS) is 51.7. The number of hydrogen-bond donors (Lipinski definition) is 1. The molecule has 0 spiro atoms. The molecule has 17 heavy (non-hydrogen) atoms. The molecule has 3 aliphatic rings. The number of likely N-dealkylation sites (N-methyl/N-ethyl adjacent to an activating group) is 1. The Morgan fingerprint density at radius 1 is 1.06 bits per heavy atom. The number of piperidine rings is 1. The summed E-state index contributed by atoms with van der Waals surface area (Å²) in [6.45, 7) is 0. The third-order valence-electron chi connectivity index (χ3n) is 5.58. The minimum absolute atomic E-state index is 0.0874. The zero-order chi connectivity index (χ0) is 12.0. The number of halogens is 1. The van der Waals surface area contributed by atoms with Gasteiger partial charge in [0.15, 0.2) is 0 Å². The molecule has 0 amide bonds. The van der Waals surface area contributed by atoms with Gasteiger partial charge in [-0.2, -0.15) is 0 Å². The Morgan fingerprint density at radius 3 is 2.47 bits per heavy atom. The second kappa shape index (κ2) is 4.71. The molecule has 4 atom stereocenters. The maximum atomic E-state index is 10.6. The lowest BCUT2D eigenvalue weighted by Crippen LogP contribution is -2.52. The molecule has 1 N–H and O–H groups in total. The molecule has 3 heteroatoms. The lowest BCUT2D eigenvalue weighted by molar-refractivity contribution is -0.0442. The van der Waals surface area contributed by atoms with E-state index in [4.69, 9.17) is 11.6 Å². The number of alkyl halides is 1. The molecule has 2 bridgehead atoms. The van der Waals surface area contributed by atoms with Crippen LogP contribution in [-0.4, -0.2) is 40.6 Å². The van der Waals surface area contributed by atoms with E-state index in [1.165, 1.54) is 32.1 Å². The van der Waals surface area contributed by atoms with Crippen molar-refractivity contribution in [2.24, 2.45) is 11.8 Å². The molecule has 2 heterocycles. The first-order valence-corrected chi connectivity index (χ1v) is 7.64. The number of rotatable bonds is 1. The van der Waals surface area contributed by atoms with Gasteiger partial charge in [0.05, 0.1) is 6.10 Å². The van der Waals surface area contributed by atoms with Crippen molar-refractivity contribution in [3.63, 3.8) is 0 Å². The minimum atomic E-state index is -0.0874. The maximum Gasteiger partial charge on any atom is 0.0726 e. The molecule has 3 fully saturated rings. The number of nitrogens with zero attached hydrogens (tertiary/aromatic N) is 1. The van der Waals surface area contributed by atoms with Gasteiger partial charge >= 0.3 is 0 Å². The average Bonchev–Trinajstić information content (AvgIpc) is 2.58. The summed E-state index contributed by atoms with van der Waals surface area (Å²) < 4.78 is 0. The summed E-state index contributed by atoms with van der Waals surface area (Å²) in [5, 5.41) is 11.0. The highest BCUT2D eigenvalue weighted by atomic mass is 35.5. The Morgan fingerprint density at radius 2 is 1.76 bits per heavy atom. The lowest BCUT2D eigenvalue weighted by Gasteiger charge is -2.45. The van der Waals surface area contributed by atoms with Crippen molar-refractivity contribution in [1.29, 1.82) is 0 Å². The number of aliphatic hydroxyl groups excluding tert-OH is 1. The molecule has 1 aliphatic carbocycles. The van der Waals surface area contributed by atoms with Crippen molar-refractivity contribution < 1.29 is 5.11 Å². The van der Waals surface area contributed by atoms with E-state index < -0.39 is 0 Å². The summed E-state index contributed by atoms with van der Waals surface area (Å²) >= 11 is 6.18. The highest BCUT2D eigenvalue weighted by Crippen LogP contribution is 2.44. The van der Waals surface area contributed by atoms with Gasteiger partial charge in [-0.3, -0.25) is 4.90 Å². The van der Waals surface area contributed by atoms with Crippen LogP contribution in [0, 0.1) is 11.8 Å². The minimum Gasteiger partial charge on any atom is -0.391 e. The highest BCUT2D eigenvalue weighted by molar-refractivity contribution is 6.20. The van der Waals surface area contributed by atoms with Crippen LogP contribution in [0.25, 0.3) is 0 Å². The van der Waals surface area contributed by atoms with Crippen LogP contribution >= 0.6 is 11.6 Å². The third kappa shape index (κ3) is 2.13. The van der Waals surface area contributed by atoms with Crippen molar-refractivity contribution in [2.45, 2.75) is 68.5 Å². The molecule has 0 aromatic heterocycles. The largest absolute Gasteiger partial charge is 0.391 e. The number of hydrogen-bond acceptors (Lipinski definition) is 2. The van der Waals surface area contributed by atoms with E-state index >= 15 is 0 Å². The fourth-order valence-electron chi connectivity index (χ4n) is 4.45. The van der Waals surface area contributed by atoms with Crippen molar-refractivity contribution in [1.82, 2.24) is 4.90 Å². The number of fused-ring (bicyclic) bond motifs is 2. The van der Waals surface area contributed by atoms with E-state index in [0.29, 0.717) is 17.3 Å². The van der Waals surface area contributed by atoms with Gasteiger partial charge in [-0.25, -0.2) is 0 Å². The summed E-state index contributed by atoms with van der Waals surface area (Å²) in [6.07, 6.45) is 8.39. The van der Waals surface area contributed by atoms with Crippen LogP contribution in [0.15, 0.2) is 0 Å². The first-order chi connectivity index (χ1) is 8.16. The first-order valence-electron chi connectivity index (χ1n) is 7.21. The topological polar surface area (TPSA) is 23.5 Å². The average molecular weight is 258 g/mol. The second-order valence-corrected chi connectivity index (χ2v) is 6.98. The van der Waals surface area contributed by atoms with Crippen LogP contribution in [0.3, 0.4) is 0 Å². The van der Waals surface area contributed by atoms with E-state index in [0.717, 1.165) is 24.8 Å². The van der Waals surface area contributed by atoms with Gasteiger partial charge in [0.1, 0.15) is 0 Å². The van der Waals surface area contributed by atoms with E-state index in [1.54, 1.807) is 0 Å². The third-order valence-corrected chi connectivity index (χ3v) is 6.02. The molecule has 1 unspecified atom stereocenters. The zero-order valence-electron chi connectivity index (χ0n) is 10.7. The van der Waals surface area contributed by atoms with Gasteiger partial charge in [-0.1, -0.05) is 0 Å². The summed E-state index contributed by atoms with van der Waals surface area (Å²) in [5.41, 5.74) is 0. The predicted octanol–water partition coefficient (Wildman–Crippen LogP) is 2.63. The van der Waals surface area contributed by atoms with Crippen LogP contribution in [0.2, 0.25) is 0 Å². The van der Waals surface area contributed by atoms with Crippen LogP contribution in [0.1, 0.15) is 44.9 Å². The van der Waals surface area contributed by atoms with E-state index in [-0.39, 0.29) is 6.10 Å². The van der Waals surface area contributed by atoms with Crippen LogP contribution in [0.5, 0.6) is 0 Å². The molecular weight excluding hydrogens is 234 g/mol. The summed E-state index contributed by atoms with van der Waals surface area (Å²) in [6, 6.07) is 1.18. The Balaban J connectivity index is 1.68. The quantitative estimate of drug-likeness (QED) is 0.730. The van der Waals surface area contributed by atoms with Crippen molar-refractivity contribution in [2.75, 3.05) is 7.05 Å². The summed E-state index contributed by atoms with van der Waals surface area (Å²) in [5.74, 6) is 1.28. The highest BCUT2D eigenvalue weighted by Gasteiger charge is 2.47. The van der Waals surface area contributed by atoms with Gasteiger partial charge < -0.3 is 5.11 Å². The predicted molar refractivity (Wildman–Crippen MR) is 70.3 cm³/mol. The van der Waals surface area contributed by atoms with Gasteiger partial charge in [0.2, 0.25) is 0 Å². The van der Waals surface area contributed by atoms with Gasteiger partial charge in [-0.15, -0.1) is 11.6 Å². The molecular formula is C14H24ClNO. The zero-order valence-corrected chi connectivity index (χ0v) is 11.4. The fourth-order valence-corrected chi connectivity index (χ4v) is 4.71. The first kappa shape index (κ1) is 12.3. The molecule has 2 aliphatic heterocycles. The summed E-state index contributed by atoms with van der Waals surface area (Å²) in [7, 11) is 2.19. The van der Waals surface area contributed by atoms with Gasteiger partial charge in [0.25, 0.3) is 0 Å². The van der Waals surface area contributed by atoms with E-state index in [1.807, 2.05) is 0 Å². The maximum absolute atomic E-state index is 10.6. The standard InChI is InChI=1S/C14H24ClNO/c1-16-11-6-7-13(16)14(17)12(8-11)9-2-4-10(15)5-3-9/h9-14,17H,2-8H2,1H3/t9?,10?,11-,12-,13?,14-/m1/s1. The van der Waals surface area contributed by atoms with Gasteiger partial charge in [-0.05, 0) is 63.8 Å². The van der Waals surface area contributed by atoms with Gasteiger partial charge in [0, 0.05) is 17.5 Å². The molecule has 0 aromatic carbocycles. The Hall–Kier alpha value is 0.210. The molecule has 1 saturated carbocycles. The van der Waals surface area contributed by atoms with Crippen LogP contribution in [0.4, 0.5) is 0 Å². The number of aliphatic hydroxyl groups is 1. The smallest absolute Gasteiger partial charge is 0.0726 e. The van der Waals surface area contributed by atoms with Crippen molar-refractivity contribution in [3.8, 4) is 0 Å². The van der Waals surface area contributed by atoms with E-state index in [9.17, 15) is 5.11 Å². The summed E-state index contributed by atoms with van der Waals surface area (Å²) in [4.78, 5) is 2.42. The molecule has 0 aromatic rings. The second-order valence-electron chi connectivity index (χ2n) is 6.37. The molecule has 2 nitrogen and oxygen atoms in total. The molecule has 3 rings (SSSR count). The van der Waals surface area contributed by atoms with Crippen molar-refractivity contribution >= 4 is 11.6 Å². The molecule has 0 radical (unpaired) electrons. The lowest BCUT2D eigenvalue weighted by atomic mass is 9.72. The fraction of sp³-hybridized carbons (Fsp3) is 1.00. The van der Waals surface area contributed by atoms with E-state index in [2.05, 4.69) is 11.9 Å². The Labute approximate surface area is 109 Å². The Bertz CT molecular complexity index is 277. The Kier molecular flexibility index (Phi) is 3.40. The SMILES string of the molecule is CN1C2CC[C@@H]1C[C@H](C1CCC(Cl)CC1)[C@H]2O. The monoisotopic (exact) mass is 257 g/mol. The van der Waals surface area contributed by atoms with Crippen LogP contribution < -0.4 is 0 Å². The molecule has 2 saturated heterocycles. The van der Waals surface area contributed by atoms with Crippen LogP contribution in [-0.2, 0) is 0 Å².